The third-order valence-corrected chi connectivity index (χ3v) is 1.90. The summed E-state index contributed by atoms with van der Waals surface area (Å²) in [4.78, 5) is 11.2. The van der Waals surface area contributed by atoms with Crippen molar-refractivity contribution < 1.29 is 4.79 Å². The monoisotopic (exact) mass is 154 g/mol. The Bertz CT molecular complexity index is 136. The Balaban J connectivity index is 2.39. The molecule has 1 heterocycles. The van der Waals surface area contributed by atoms with E-state index in [4.69, 9.17) is 6.92 Å². The van der Waals surface area contributed by atoms with Crippen molar-refractivity contribution in [1.29, 1.82) is 0 Å². The van der Waals surface area contributed by atoms with E-state index in [9.17, 15) is 4.79 Å². The van der Waals surface area contributed by atoms with Crippen LogP contribution in [0.5, 0.6) is 0 Å². The van der Waals surface area contributed by atoms with Gasteiger partial charge in [-0.25, -0.2) is 0 Å². The molecule has 1 aliphatic rings. The van der Waals surface area contributed by atoms with Crippen molar-refractivity contribution in [1.82, 2.24) is 10.6 Å². The summed E-state index contributed by atoms with van der Waals surface area (Å²) >= 11 is 0. The van der Waals surface area contributed by atoms with Crippen LogP contribution in [0.4, 0.5) is 0 Å². The second-order valence-corrected chi connectivity index (χ2v) is 2.75. The van der Waals surface area contributed by atoms with Crippen molar-refractivity contribution in [3.05, 3.63) is 6.92 Å². The highest BCUT2D eigenvalue weighted by Crippen LogP contribution is 2.04. The van der Waals surface area contributed by atoms with Gasteiger partial charge in [0.25, 0.3) is 0 Å². The van der Waals surface area contributed by atoms with Gasteiger partial charge in [0.15, 0.2) is 0 Å². The van der Waals surface area contributed by atoms with E-state index < -0.39 is 0 Å². The molecule has 1 unspecified atom stereocenters. The largest absolute Gasteiger partial charge is 0.355 e. The molecule has 1 atom stereocenters. The van der Waals surface area contributed by atoms with Gasteiger partial charge in [0.2, 0.25) is 5.91 Å². The van der Waals surface area contributed by atoms with Gasteiger partial charge in [0.05, 0.1) is 6.04 Å². The lowest BCUT2D eigenvalue weighted by Gasteiger charge is -2.12. The van der Waals surface area contributed by atoms with Crippen LogP contribution < -0.4 is 10.6 Å². The van der Waals surface area contributed by atoms with E-state index in [-0.39, 0.29) is 11.9 Å². The fourth-order valence-corrected chi connectivity index (χ4v) is 1.28. The molecular formula is C8H14N2O. The zero-order chi connectivity index (χ0) is 8.10. The number of hydrogen-bond donors (Lipinski definition) is 2. The molecule has 62 valence electrons. The highest BCUT2D eigenvalue weighted by atomic mass is 16.2. The van der Waals surface area contributed by atoms with Crippen LogP contribution in [-0.2, 0) is 4.79 Å². The van der Waals surface area contributed by atoms with E-state index in [2.05, 4.69) is 10.6 Å². The van der Waals surface area contributed by atoms with Crippen LogP contribution in [0.15, 0.2) is 0 Å². The second kappa shape index (κ2) is 4.34. The van der Waals surface area contributed by atoms with Crippen molar-refractivity contribution >= 4 is 5.91 Å². The summed E-state index contributed by atoms with van der Waals surface area (Å²) in [5, 5.41) is 5.76. The average molecular weight is 154 g/mol. The van der Waals surface area contributed by atoms with Gasteiger partial charge in [-0.3, -0.25) is 4.79 Å². The molecule has 0 bridgehead atoms. The quantitative estimate of drug-likeness (QED) is 0.586. The van der Waals surface area contributed by atoms with E-state index in [1.807, 2.05) is 0 Å². The average Bonchev–Trinajstić information content (AvgIpc) is 2.18. The van der Waals surface area contributed by atoms with Crippen molar-refractivity contribution in [2.45, 2.75) is 25.3 Å². The van der Waals surface area contributed by atoms with Gasteiger partial charge in [-0.2, -0.15) is 0 Å². The van der Waals surface area contributed by atoms with Crippen molar-refractivity contribution in [3.63, 3.8) is 0 Å². The molecule has 11 heavy (non-hydrogen) atoms. The topological polar surface area (TPSA) is 41.1 Å². The second-order valence-electron chi connectivity index (χ2n) is 2.75. The molecule has 2 radical (unpaired) electrons. The summed E-state index contributed by atoms with van der Waals surface area (Å²) in [5.41, 5.74) is 0. The van der Waals surface area contributed by atoms with Crippen LogP contribution in [0.25, 0.3) is 0 Å². The normalized spacial score (nSPS) is 25.9. The fraction of sp³-hybridized carbons (Fsp3) is 0.750. The van der Waals surface area contributed by atoms with Crippen LogP contribution in [0.1, 0.15) is 19.3 Å². The zero-order valence-electron chi connectivity index (χ0n) is 6.60. The summed E-state index contributed by atoms with van der Waals surface area (Å²) in [6.45, 7) is 6.46. The van der Waals surface area contributed by atoms with Gasteiger partial charge >= 0.3 is 0 Å². The first-order valence-corrected chi connectivity index (χ1v) is 4.06. The standard InChI is InChI=1S/C8H14N2O/c1-2-9-7-5-3-4-6-10-8(7)11/h1,7,9H,2-6H2,(H,10,11). The maximum atomic E-state index is 11.2. The number of nitrogens with one attached hydrogen (secondary N) is 2. The Morgan fingerprint density at radius 2 is 2.45 bits per heavy atom. The first-order valence-electron chi connectivity index (χ1n) is 4.06. The smallest absolute Gasteiger partial charge is 0.237 e. The Labute approximate surface area is 67.5 Å². The van der Waals surface area contributed by atoms with Gasteiger partial charge in [-0.1, -0.05) is 0 Å². The third kappa shape index (κ3) is 2.50. The van der Waals surface area contributed by atoms with Gasteiger partial charge in [-0.05, 0) is 32.7 Å². The molecule has 0 aliphatic carbocycles. The molecule has 0 aromatic heterocycles. The first-order chi connectivity index (χ1) is 5.34. The maximum Gasteiger partial charge on any atom is 0.237 e. The lowest BCUT2D eigenvalue weighted by atomic mass is 10.1. The summed E-state index contributed by atoms with van der Waals surface area (Å²) in [5.74, 6) is 0.0907. The number of hydrogen-bond acceptors (Lipinski definition) is 2. The molecule has 3 nitrogen and oxygen atoms in total. The number of rotatable bonds is 2. The van der Waals surface area contributed by atoms with Crippen molar-refractivity contribution in [2.24, 2.45) is 0 Å². The van der Waals surface area contributed by atoms with Gasteiger partial charge in [-0.15, -0.1) is 0 Å². The minimum Gasteiger partial charge on any atom is -0.355 e. The third-order valence-electron chi connectivity index (χ3n) is 1.90. The van der Waals surface area contributed by atoms with Crippen LogP contribution in [0.3, 0.4) is 0 Å². The molecule has 0 aromatic carbocycles. The molecule has 3 heteroatoms. The number of amides is 1. The van der Waals surface area contributed by atoms with E-state index in [1.165, 1.54) is 0 Å². The molecule has 0 aromatic rings. The van der Waals surface area contributed by atoms with E-state index in [1.54, 1.807) is 0 Å². The lowest BCUT2D eigenvalue weighted by molar-refractivity contribution is -0.122. The molecule has 1 saturated heterocycles. The van der Waals surface area contributed by atoms with Gasteiger partial charge < -0.3 is 10.6 Å². The van der Waals surface area contributed by atoms with Gasteiger partial charge in [0.1, 0.15) is 0 Å². The molecule has 1 amide bonds. The molecule has 1 aliphatic heterocycles. The Morgan fingerprint density at radius 1 is 1.64 bits per heavy atom. The summed E-state index contributed by atoms with van der Waals surface area (Å²) in [6, 6.07) is -0.0671. The Morgan fingerprint density at radius 3 is 3.18 bits per heavy atom. The maximum absolute atomic E-state index is 11.2. The first kappa shape index (κ1) is 8.53. The van der Waals surface area contributed by atoms with Gasteiger partial charge in [0, 0.05) is 6.54 Å². The SMILES string of the molecule is [CH]CNC1CCCCNC1=O. The molecular weight excluding hydrogens is 140 g/mol. The van der Waals surface area contributed by atoms with E-state index >= 15 is 0 Å². The fourth-order valence-electron chi connectivity index (χ4n) is 1.28. The molecule has 2 N–H and O–H groups in total. The molecule has 0 spiro atoms. The predicted octanol–water partition coefficient (Wildman–Crippen LogP) is -0.0442. The van der Waals surface area contributed by atoms with Crippen LogP contribution in [0, 0.1) is 6.92 Å². The zero-order valence-corrected chi connectivity index (χ0v) is 6.60. The summed E-state index contributed by atoms with van der Waals surface area (Å²) in [7, 11) is 0. The predicted molar refractivity (Wildman–Crippen MR) is 43.0 cm³/mol. The minimum absolute atomic E-state index is 0.0671. The number of carbonyl (C=O) groups is 1. The van der Waals surface area contributed by atoms with Crippen LogP contribution >= 0.6 is 0 Å². The van der Waals surface area contributed by atoms with Crippen LogP contribution in [-0.4, -0.2) is 25.0 Å². The lowest BCUT2D eigenvalue weighted by Crippen LogP contribution is -2.42. The molecule has 1 fully saturated rings. The Hall–Kier alpha value is -0.570. The highest BCUT2D eigenvalue weighted by Gasteiger charge is 2.18. The number of carbonyl (C=O) groups excluding carboxylic acids is 1. The Kier molecular flexibility index (Phi) is 3.36. The molecule has 0 saturated carbocycles. The van der Waals surface area contributed by atoms with Crippen LogP contribution in [0.2, 0.25) is 0 Å². The highest BCUT2D eigenvalue weighted by molar-refractivity contribution is 5.81. The van der Waals surface area contributed by atoms with Crippen molar-refractivity contribution in [2.75, 3.05) is 13.1 Å². The van der Waals surface area contributed by atoms with E-state index in [0.717, 1.165) is 25.8 Å². The van der Waals surface area contributed by atoms with Crippen molar-refractivity contribution in [3.8, 4) is 0 Å². The summed E-state index contributed by atoms with van der Waals surface area (Å²) < 4.78 is 0. The minimum atomic E-state index is -0.0671. The molecule has 1 rings (SSSR count). The summed E-state index contributed by atoms with van der Waals surface area (Å²) in [6.07, 6.45) is 3.08. The van der Waals surface area contributed by atoms with E-state index in [0.29, 0.717) is 6.54 Å².